The van der Waals surface area contributed by atoms with Crippen molar-refractivity contribution in [3.05, 3.63) is 54.6 Å². The van der Waals surface area contributed by atoms with Crippen molar-refractivity contribution in [3.8, 4) is 5.75 Å². The van der Waals surface area contributed by atoms with E-state index in [4.69, 9.17) is 17.0 Å². The Labute approximate surface area is 175 Å². The third kappa shape index (κ3) is 5.92. The van der Waals surface area contributed by atoms with Crippen LogP contribution in [-0.2, 0) is 9.59 Å². The fourth-order valence-corrected chi connectivity index (χ4v) is 3.32. The molecule has 0 bridgehead atoms. The summed E-state index contributed by atoms with van der Waals surface area (Å²) in [7, 11) is 0. The third-order valence-corrected chi connectivity index (χ3v) is 4.79. The summed E-state index contributed by atoms with van der Waals surface area (Å²) in [4.78, 5) is 27.7. The van der Waals surface area contributed by atoms with Gasteiger partial charge in [0, 0.05) is 33.1 Å². The smallest absolute Gasteiger partial charge is 0.264 e. The van der Waals surface area contributed by atoms with Crippen LogP contribution in [0, 0.1) is 0 Å². The van der Waals surface area contributed by atoms with Gasteiger partial charge in [-0.25, -0.2) is 0 Å². The third-order valence-electron chi connectivity index (χ3n) is 4.58. The van der Waals surface area contributed by atoms with E-state index in [1.165, 1.54) is 0 Å². The topological polar surface area (TPSA) is 73.9 Å². The van der Waals surface area contributed by atoms with E-state index >= 15 is 0 Å². The number of para-hydroxylation sites is 3. The zero-order valence-electron chi connectivity index (χ0n) is 16.3. The van der Waals surface area contributed by atoms with Crippen LogP contribution in [0.4, 0.5) is 11.4 Å². The van der Waals surface area contributed by atoms with Gasteiger partial charge in [0.2, 0.25) is 5.91 Å². The van der Waals surface area contributed by atoms with E-state index in [1.54, 1.807) is 19.1 Å². The highest BCUT2D eigenvalue weighted by Gasteiger charge is 2.20. The molecule has 0 unspecified atom stereocenters. The number of rotatable bonds is 5. The molecule has 152 valence electrons. The quantitative estimate of drug-likeness (QED) is 0.734. The molecule has 2 aromatic rings. The first kappa shape index (κ1) is 20.6. The summed E-state index contributed by atoms with van der Waals surface area (Å²) in [5, 5.41) is 5.94. The number of nitrogens with zero attached hydrogens (tertiary/aromatic N) is 2. The molecule has 0 spiro atoms. The van der Waals surface area contributed by atoms with E-state index in [9.17, 15) is 9.59 Å². The summed E-state index contributed by atoms with van der Waals surface area (Å²) in [5.41, 5.74) is 1.78. The molecular weight excluding hydrogens is 388 g/mol. The fourth-order valence-electron chi connectivity index (χ4n) is 3.10. The average Bonchev–Trinajstić information content (AvgIpc) is 2.73. The molecule has 1 heterocycles. The number of hydrogen-bond donors (Lipinski definition) is 2. The second-order valence-electron chi connectivity index (χ2n) is 6.61. The van der Waals surface area contributed by atoms with Crippen LogP contribution < -0.4 is 20.3 Å². The predicted molar refractivity (Wildman–Crippen MR) is 117 cm³/mol. The number of anilines is 2. The van der Waals surface area contributed by atoms with Crippen molar-refractivity contribution in [2.24, 2.45) is 0 Å². The van der Waals surface area contributed by atoms with Crippen LogP contribution in [0.5, 0.6) is 5.75 Å². The molecule has 7 nitrogen and oxygen atoms in total. The van der Waals surface area contributed by atoms with E-state index in [0.717, 1.165) is 24.5 Å². The van der Waals surface area contributed by atoms with Crippen molar-refractivity contribution in [2.45, 2.75) is 6.92 Å². The highest BCUT2D eigenvalue weighted by Crippen LogP contribution is 2.26. The summed E-state index contributed by atoms with van der Waals surface area (Å²) in [6.07, 6.45) is 0. The fraction of sp³-hybridized carbons (Fsp3) is 0.286. The molecule has 1 saturated heterocycles. The molecule has 0 aromatic heterocycles. The Bertz CT molecular complexity index is 867. The predicted octanol–water partition coefficient (Wildman–Crippen LogP) is 2.25. The molecule has 2 N–H and O–H groups in total. The second kappa shape index (κ2) is 9.88. The summed E-state index contributed by atoms with van der Waals surface area (Å²) >= 11 is 5.29. The molecule has 1 fully saturated rings. The number of piperazine rings is 1. The summed E-state index contributed by atoms with van der Waals surface area (Å²) in [6.45, 7) is 4.31. The van der Waals surface area contributed by atoms with Crippen molar-refractivity contribution >= 4 is 40.5 Å². The number of hydrogen-bond acceptors (Lipinski definition) is 5. The molecule has 1 aliphatic rings. The Morgan fingerprint density at radius 1 is 1.00 bits per heavy atom. The molecule has 3 rings (SSSR count). The molecule has 0 radical (unpaired) electrons. The van der Waals surface area contributed by atoms with Gasteiger partial charge in [-0.1, -0.05) is 30.3 Å². The average molecular weight is 413 g/mol. The molecule has 0 atom stereocenters. The standard InChI is InChI=1S/C21H24N4O3S/c1-16(26)24-11-13-25(14-12-24)19-10-6-5-9-18(19)22-21(29)23-20(27)15-28-17-7-3-2-4-8-17/h2-10H,11-15H2,1H3,(H2,22,23,27,29). The van der Waals surface area contributed by atoms with Gasteiger partial charge in [0.1, 0.15) is 5.75 Å². The van der Waals surface area contributed by atoms with Crippen LogP contribution in [0.1, 0.15) is 6.92 Å². The molecule has 2 aromatic carbocycles. The number of amides is 2. The number of nitrogens with one attached hydrogen (secondary N) is 2. The Hall–Kier alpha value is -3.13. The maximum atomic E-state index is 12.1. The first-order valence-electron chi connectivity index (χ1n) is 9.41. The molecule has 29 heavy (non-hydrogen) atoms. The van der Waals surface area contributed by atoms with E-state index in [-0.39, 0.29) is 23.5 Å². The highest BCUT2D eigenvalue weighted by molar-refractivity contribution is 7.80. The molecule has 0 aliphatic carbocycles. The van der Waals surface area contributed by atoms with Crippen LogP contribution in [-0.4, -0.2) is 54.6 Å². The number of ether oxygens (including phenoxy) is 1. The van der Waals surface area contributed by atoms with Gasteiger partial charge in [0.15, 0.2) is 11.7 Å². The Morgan fingerprint density at radius 2 is 1.66 bits per heavy atom. The summed E-state index contributed by atoms with van der Waals surface area (Å²) < 4.78 is 5.43. The molecule has 1 aliphatic heterocycles. The maximum absolute atomic E-state index is 12.1. The maximum Gasteiger partial charge on any atom is 0.264 e. The van der Waals surface area contributed by atoms with Crippen LogP contribution >= 0.6 is 12.2 Å². The van der Waals surface area contributed by atoms with E-state index in [1.807, 2.05) is 47.4 Å². The SMILES string of the molecule is CC(=O)N1CCN(c2ccccc2NC(=S)NC(=O)COc2ccccc2)CC1. The minimum atomic E-state index is -0.334. The Morgan fingerprint density at radius 3 is 2.34 bits per heavy atom. The zero-order chi connectivity index (χ0) is 20.6. The van der Waals surface area contributed by atoms with Gasteiger partial charge in [-0.15, -0.1) is 0 Å². The normalized spacial score (nSPS) is 13.6. The summed E-state index contributed by atoms with van der Waals surface area (Å²) in [6, 6.07) is 16.9. The van der Waals surface area contributed by atoms with Crippen LogP contribution in [0.2, 0.25) is 0 Å². The number of thiocarbonyl (C=S) groups is 1. The van der Waals surface area contributed by atoms with Crippen molar-refractivity contribution in [1.29, 1.82) is 0 Å². The lowest BCUT2D eigenvalue weighted by Crippen LogP contribution is -2.48. The first-order valence-corrected chi connectivity index (χ1v) is 9.82. The van der Waals surface area contributed by atoms with E-state index in [2.05, 4.69) is 15.5 Å². The monoisotopic (exact) mass is 412 g/mol. The number of carbonyl (C=O) groups excluding carboxylic acids is 2. The van der Waals surface area contributed by atoms with Crippen LogP contribution in [0.15, 0.2) is 54.6 Å². The molecule has 2 amide bonds. The van der Waals surface area contributed by atoms with Crippen LogP contribution in [0.3, 0.4) is 0 Å². The van der Waals surface area contributed by atoms with E-state index in [0.29, 0.717) is 18.8 Å². The van der Waals surface area contributed by atoms with E-state index < -0.39 is 0 Å². The van der Waals surface area contributed by atoms with Gasteiger partial charge in [0.05, 0.1) is 11.4 Å². The molecule has 8 heteroatoms. The Balaban J connectivity index is 1.54. The van der Waals surface area contributed by atoms with Gasteiger partial charge in [0.25, 0.3) is 5.91 Å². The van der Waals surface area contributed by atoms with Gasteiger partial charge in [-0.05, 0) is 36.5 Å². The van der Waals surface area contributed by atoms with Gasteiger partial charge < -0.3 is 19.9 Å². The summed E-state index contributed by atoms with van der Waals surface area (Å²) in [5.74, 6) is 0.383. The number of carbonyl (C=O) groups is 2. The van der Waals surface area contributed by atoms with Crippen molar-refractivity contribution in [1.82, 2.24) is 10.2 Å². The van der Waals surface area contributed by atoms with Crippen molar-refractivity contribution in [2.75, 3.05) is 43.0 Å². The Kier molecular flexibility index (Phi) is 7.02. The molecule has 0 saturated carbocycles. The van der Waals surface area contributed by atoms with Crippen molar-refractivity contribution < 1.29 is 14.3 Å². The number of benzene rings is 2. The van der Waals surface area contributed by atoms with Crippen LogP contribution in [0.25, 0.3) is 0 Å². The van der Waals surface area contributed by atoms with Crippen molar-refractivity contribution in [3.63, 3.8) is 0 Å². The van der Waals surface area contributed by atoms with Gasteiger partial charge in [-0.2, -0.15) is 0 Å². The second-order valence-corrected chi connectivity index (χ2v) is 7.02. The van der Waals surface area contributed by atoms with Gasteiger partial charge in [-0.3, -0.25) is 14.9 Å². The highest BCUT2D eigenvalue weighted by atomic mass is 32.1. The molecular formula is C21H24N4O3S. The zero-order valence-corrected chi connectivity index (χ0v) is 17.1. The lowest BCUT2D eigenvalue weighted by molar-refractivity contribution is -0.129. The lowest BCUT2D eigenvalue weighted by atomic mass is 10.2. The van der Waals surface area contributed by atoms with Gasteiger partial charge >= 0.3 is 0 Å². The lowest BCUT2D eigenvalue weighted by Gasteiger charge is -2.36. The minimum Gasteiger partial charge on any atom is -0.484 e. The first-order chi connectivity index (χ1) is 14.0. The minimum absolute atomic E-state index is 0.0951. The largest absolute Gasteiger partial charge is 0.484 e.